The summed E-state index contributed by atoms with van der Waals surface area (Å²) in [4.78, 5) is 15.8. The molecule has 0 atom stereocenters. The van der Waals surface area contributed by atoms with E-state index in [9.17, 15) is 18.0 Å². The largest absolute Gasteiger partial charge is 0.478 e. The molecule has 30 heavy (non-hydrogen) atoms. The summed E-state index contributed by atoms with van der Waals surface area (Å²) < 4.78 is 41.8. The van der Waals surface area contributed by atoms with Crippen LogP contribution < -0.4 is 4.31 Å². The van der Waals surface area contributed by atoms with Gasteiger partial charge in [0.05, 0.1) is 27.7 Å². The number of nitrogens with zero attached hydrogens (tertiary/aromatic N) is 2. The Labute approximate surface area is 184 Å². The second kappa shape index (κ2) is 9.16. The average molecular weight is 473 g/mol. The first-order chi connectivity index (χ1) is 14.1. The molecule has 1 aromatic heterocycles. The lowest BCUT2D eigenvalue weighted by Crippen LogP contribution is -2.19. The van der Waals surface area contributed by atoms with Gasteiger partial charge < -0.3 is 5.11 Å². The number of anilines is 1. The minimum absolute atomic E-state index is 0.0347. The van der Waals surface area contributed by atoms with Crippen molar-refractivity contribution in [3.8, 4) is 0 Å². The molecule has 0 aliphatic heterocycles. The van der Waals surface area contributed by atoms with Crippen LogP contribution in [0, 0.1) is 0 Å². The summed E-state index contributed by atoms with van der Waals surface area (Å²) in [7, 11) is 0. The third-order valence-electron chi connectivity index (χ3n) is 3.98. The zero-order valence-corrected chi connectivity index (χ0v) is 17.4. The summed E-state index contributed by atoms with van der Waals surface area (Å²) in [6, 6.07) is 12.6. The number of benzene rings is 2. The maximum Gasteiger partial charge on any atom is 0.416 e. The smallest absolute Gasteiger partial charge is 0.416 e. The van der Waals surface area contributed by atoms with Crippen molar-refractivity contribution < 1.29 is 23.1 Å². The Bertz CT molecular complexity index is 1060. The highest BCUT2D eigenvalue weighted by molar-refractivity contribution is 8.00. The van der Waals surface area contributed by atoms with Crippen LogP contribution in [-0.4, -0.2) is 16.1 Å². The van der Waals surface area contributed by atoms with Crippen LogP contribution in [0.3, 0.4) is 0 Å². The topological polar surface area (TPSA) is 53.4 Å². The second-order valence-electron chi connectivity index (χ2n) is 6.07. The monoisotopic (exact) mass is 472 g/mol. The molecule has 0 fully saturated rings. The molecule has 0 saturated carbocycles. The number of pyridine rings is 1. The second-order valence-corrected chi connectivity index (χ2v) is 8.01. The average Bonchev–Trinajstić information content (AvgIpc) is 2.67. The highest BCUT2D eigenvalue weighted by Crippen LogP contribution is 2.38. The number of carboxylic acids is 1. The molecule has 1 N–H and O–H groups in total. The van der Waals surface area contributed by atoms with Crippen LogP contribution >= 0.6 is 35.1 Å². The summed E-state index contributed by atoms with van der Waals surface area (Å²) in [6.45, 7) is -0.157. The van der Waals surface area contributed by atoms with E-state index in [0.717, 1.165) is 18.0 Å². The van der Waals surface area contributed by atoms with Gasteiger partial charge in [-0.25, -0.2) is 9.78 Å². The fourth-order valence-corrected chi connectivity index (χ4v) is 4.10. The lowest BCUT2D eigenvalue weighted by Gasteiger charge is -2.25. The van der Waals surface area contributed by atoms with Crippen molar-refractivity contribution in [1.82, 2.24) is 4.98 Å². The van der Waals surface area contributed by atoms with Crippen LogP contribution in [-0.2, 0) is 12.7 Å². The van der Waals surface area contributed by atoms with Crippen molar-refractivity contribution >= 4 is 46.9 Å². The van der Waals surface area contributed by atoms with Gasteiger partial charge in [-0.1, -0.05) is 41.4 Å². The van der Waals surface area contributed by atoms with Crippen LogP contribution in [0.2, 0.25) is 10.0 Å². The number of carbonyl (C=O) groups is 1. The number of aromatic nitrogens is 1. The molecule has 1 heterocycles. The zero-order chi connectivity index (χ0) is 21.9. The summed E-state index contributed by atoms with van der Waals surface area (Å²) in [5.74, 6) is -0.852. The number of alkyl halides is 3. The number of rotatable bonds is 6. The van der Waals surface area contributed by atoms with Gasteiger partial charge in [0.1, 0.15) is 0 Å². The van der Waals surface area contributed by atoms with E-state index in [1.165, 1.54) is 46.9 Å². The molecule has 0 radical (unpaired) electrons. The molecule has 0 bridgehead atoms. The predicted octanol–water partition coefficient (Wildman–Crippen LogP) is 6.82. The minimum atomic E-state index is -4.52. The SMILES string of the molecule is O=C(O)c1ccc(SN(Cc2ccccc2C(F)(F)F)c2ncc(Cl)cc2Cl)cc1. The zero-order valence-electron chi connectivity index (χ0n) is 15.0. The molecule has 0 spiro atoms. The molecule has 156 valence electrons. The molecule has 0 aliphatic rings. The van der Waals surface area contributed by atoms with Crippen molar-refractivity contribution in [1.29, 1.82) is 0 Å². The molecule has 3 rings (SSSR count). The molecule has 0 amide bonds. The summed E-state index contributed by atoms with van der Waals surface area (Å²) in [5, 5.41) is 9.49. The number of aromatic carboxylic acids is 1. The molecule has 0 unspecified atom stereocenters. The Morgan fingerprint density at radius 1 is 1.10 bits per heavy atom. The van der Waals surface area contributed by atoms with Gasteiger partial charge in [0, 0.05) is 11.1 Å². The van der Waals surface area contributed by atoms with E-state index in [-0.39, 0.29) is 33.5 Å². The van der Waals surface area contributed by atoms with Gasteiger partial charge in [0.2, 0.25) is 0 Å². The van der Waals surface area contributed by atoms with E-state index in [1.54, 1.807) is 12.1 Å². The van der Waals surface area contributed by atoms with Gasteiger partial charge in [-0.2, -0.15) is 13.2 Å². The van der Waals surface area contributed by atoms with Crippen molar-refractivity contribution in [3.63, 3.8) is 0 Å². The lowest BCUT2D eigenvalue weighted by atomic mass is 10.1. The minimum Gasteiger partial charge on any atom is -0.478 e. The number of carboxylic acid groups (broad SMARTS) is 1. The third kappa shape index (κ3) is 5.38. The first-order valence-electron chi connectivity index (χ1n) is 8.40. The van der Waals surface area contributed by atoms with Crippen LogP contribution in [0.25, 0.3) is 0 Å². The molecule has 0 saturated heterocycles. The van der Waals surface area contributed by atoms with Crippen LogP contribution in [0.15, 0.2) is 65.7 Å². The molecule has 3 aromatic rings. The molecule has 2 aromatic carbocycles. The predicted molar refractivity (Wildman–Crippen MR) is 111 cm³/mol. The van der Waals surface area contributed by atoms with Crippen LogP contribution in [0.5, 0.6) is 0 Å². The van der Waals surface area contributed by atoms with Gasteiger partial charge >= 0.3 is 12.1 Å². The van der Waals surface area contributed by atoms with E-state index < -0.39 is 17.7 Å². The van der Waals surface area contributed by atoms with Gasteiger partial charge in [-0.3, -0.25) is 4.31 Å². The number of halogens is 5. The Balaban J connectivity index is 1.99. The lowest BCUT2D eigenvalue weighted by molar-refractivity contribution is -0.138. The molecule has 4 nitrogen and oxygen atoms in total. The quantitative estimate of drug-likeness (QED) is 0.398. The molecular weight excluding hydrogens is 460 g/mol. The van der Waals surface area contributed by atoms with E-state index in [1.807, 2.05) is 0 Å². The van der Waals surface area contributed by atoms with Gasteiger partial charge in [-0.05, 0) is 53.9 Å². The highest BCUT2D eigenvalue weighted by Gasteiger charge is 2.33. The van der Waals surface area contributed by atoms with E-state index in [2.05, 4.69) is 4.98 Å². The number of hydrogen-bond donors (Lipinski definition) is 1. The third-order valence-corrected chi connectivity index (χ3v) is 5.47. The van der Waals surface area contributed by atoms with Crippen LogP contribution in [0.1, 0.15) is 21.5 Å². The maximum absolute atomic E-state index is 13.4. The Kier molecular flexibility index (Phi) is 6.80. The van der Waals surface area contributed by atoms with Crippen LogP contribution in [0.4, 0.5) is 19.0 Å². The first-order valence-corrected chi connectivity index (χ1v) is 9.93. The Morgan fingerprint density at radius 3 is 2.37 bits per heavy atom. The molecular formula is C20H13Cl2F3N2O2S. The van der Waals surface area contributed by atoms with Crippen molar-refractivity contribution in [2.24, 2.45) is 0 Å². The molecule has 0 aliphatic carbocycles. The standard InChI is InChI=1S/C20H13Cl2F3N2O2S/c21-14-9-17(22)18(26-10-14)27(30-15-7-5-12(6-8-15)19(28)29)11-13-3-1-2-4-16(13)20(23,24)25/h1-10H,11H2,(H,28,29). The van der Waals surface area contributed by atoms with E-state index in [4.69, 9.17) is 28.3 Å². The summed E-state index contributed by atoms with van der Waals surface area (Å²) in [5.41, 5.74) is -0.634. The summed E-state index contributed by atoms with van der Waals surface area (Å²) >= 11 is 13.2. The van der Waals surface area contributed by atoms with Gasteiger partial charge in [-0.15, -0.1) is 0 Å². The van der Waals surface area contributed by atoms with Crippen molar-refractivity contribution in [2.75, 3.05) is 4.31 Å². The number of hydrogen-bond acceptors (Lipinski definition) is 4. The van der Waals surface area contributed by atoms with Gasteiger partial charge in [0.25, 0.3) is 0 Å². The Morgan fingerprint density at radius 2 is 1.77 bits per heavy atom. The van der Waals surface area contributed by atoms with Gasteiger partial charge in [0.15, 0.2) is 5.82 Å². The normalized spacial score (nSPS) is 11.4. The summed E-state index contributed by atoms with van der Waals surface area (Å²) in [6.07, 6.45) is -3.17. The highest BCUT2D eigenvalue weighted by atomic mass is 35.5. The fourth-order valence-electron chi connectivity index (χ4n) is 2.62. The fraction of sp³-hybridized carbons (Fsp3) is 0.100. The van der Waals surface area contributed by atoms with E-state index in [0.29, 0.717) is 4.90 Å². The van der Waals surface area contributed by atoms with Crippen molar-refractivity contribution in [2.45, 2.75) is 17.6 Å². The maximum atomic E-state index is 13.4. The molecule has 10 heteroatoms. The van der Waals surface area contributed by atoms with Crippen molar-refractivity contribution in [3.05, 3.63) is 87.5 Å². The Hall–Kier alpha value is -2.42. The first kappa shape index (κ1) is 22.3. The van der Waals surface area contributed by atoms with E-state index >= 15 is 0 Å².